The van der Waals surface area contributed by atoms with Crippen molar-refractivity contribution in [2.75, 3.05) is 11.4 Å². The van der Waals surface area contributed by atoms with Crippen LogP contribution >= 0.6 is 0 Å². The van der Waals surface area contributed by atoms with E-state index in [0.717, 1.165) is 36.9 Å². The number of anilines is 1. The number of benzene rings is 1. The van der Waals surface area contributed by atoms with Crippen molar-refractivity contribution in [3.63, 3.8) is 0 Å². The molecule has 1 atom stereocenters. The van der Waals surface area contributed by atoms with E-state index in [-0.39, 0.29) is 18.4 Å². The number of carboxylic acid groups (broad SMARTS) is 1. The van der Waals surface area contributed by atoms with Crippen molar-refractivity contribution in [1.29, 1.82) is 0 Å². The van der Waals surface area contributed by atoms with Gasteiger partial charge < -0.3 is 10.0 Å². The molecular weight excluding hydrogens is 242 g/mol. The van der Waals surface area contributed by atoms with Crippen LogP contribution in [0.5, 0.6) is 0 Å². The lowest BCUT2D eigenvalue weighted by Gasteiger charge is -2.21. The summed E-state index contributed by atoms with van der Waals surface area (Å²) in [4.78, 5) is 25.5. The van der Waals surface area contributed by atoms with Crippen molar-refractivity contribution in [1.82, 2.24) is 0 Å². The maximum atomic E-state index is 12.5. The molecule has 1 N–H and O–H groups in total. The quantitative estimate of drug-likeness (QED) is 0.887. The Kier molecular flexibility index (Phi) is 3.01. The Bertz CT molecular complexity index is 520. The molecule has 1 heterocycles. The zero-order chi connectivity index (χ0) is 13.4. The SMILES string of the molecule is O=C(O)[C@H]1CN(C(=O)C2CCCC2)c2ccccc21. The zero-order valence-corrected chi connectivity index (χ0v) is 10.7. The second-order valence-corrected chi connectivity index (χ2v) is 5.38. The van der Waals surface area contributed by atoms with E-state index in [0.29, 0.717) is 0 Å². The van der Waals surface area contributed by atoms with E-state index in [1.807, 2.05) is 24.3 Å². The van der Waals surface area contributed by atoms with Crippen molar-refractivity contribution < 1.29 is 14.7 Å². The van der Waals surface area contributed by atoms with Gasteiger partial charge in [0.05, 0.1) is 0 Å². The standard InChI is InChI=1S/C15H17NO3/c17-14(10-5-1-2-6-10)16-9-12(15(18)19)11-7-3-4-8-13(11)16/h3-4,7-8,10,12H,1-2,5-6,9H2,(H,18,19)/t12-/m0/s1. The van der Waals surface area contributed by atoms with Crippen LogP contribution < -0.4 is 4.90 Å². The predicted octanol–water partition coefficient (Wildman–Crippen LogP) is 2.39. The fraction of sp³-hybridized carbons (Fsp3) is 0.467. The van der Waals surface area contributed by atoms with Crippen molar-refractivity contribution in [2.24, 2.45) is 5.92 Å². The van der Waals surface area contributed by atoms with Crippen LogP contribution in [0.4, 0.5) is 5.69 Å². The van der Waals surface area contributed by atoms with Crippen LogP contribution in [-0.2, 0) is 9.59 Å². The van der Waals surface area contributed by atoms with Gasteiger partial charge >= 0.3 is 5.97 Å². The normalized spacial score (nSPS) is 22.5. The third-order valence-corrected chi connectivity index (χ3v) is 4.24. The Morgan fingerprint density at radius 2 is 1.84 bits per heavy atom. The van der Waals surface area contributed by atoms with Crippen molar-refractivity contribution in [3.05, 3.63) is 29.8 Å². The maximum Gasteiger partial charge on any atom is 0.312 e. The molecule has 0 bridgehead atoms. The minimum Gasteiger partial charge on any atom is -0.481 e. The number of nitrogens with zero attached hydrogens (tertiary/aromatic N) is 1. The van der Waals surface area contributed by atoms with Crippen molar-refractivity contribution >= 4 is 17.6 Å². The van der Waals surface area contributed by atoms with Crippen LogP contribution in [-0.4, -0.2) is 23.5 Å². The van der Waals surface area contributed by atoms with Gasteiger partial charge in [-0.3, -0.25) is 9.59 Å². The van der Waals surface area contributed by atoms with Gasteiger partial charge in [-0.2, -0.15) is 0 Å². The number of hydrogen-bond acceptors (Lipinski definition) is 2. The van der Waals surface area contributed by atoms with Crippen LogP contribution in [0.15, 0.2) is 24.3 Å². The van der Waals surface area contributed by atoms with E-state index in [2.05, 4.69) is 0 Å². The van der Waals surface area contributed by atoms with Gasteiger partial charge in [-0.1, -0.05) is 31.0 Å². The molecule has 1 amide bonds. The molecule has 1 aliphatic carbocycles. The van der Waals surface area contributed by atoms with E-state index in [1.165, 1.54) is 0 Å². The molecule has 0 radical (unpaired) electrons. The van der Waals surface area contributed by atoms with Gasteiger partial charge in [-0.05, 0) is 24.5 Å². The Hall–Kier alpha value is -1.84. The number of hydrogen-bond donors (Lipinski definition) is 1. The van der Waals surface area contributed by atoms with Crippen molar-refractivity contribution in [2.45, 2.75) is 31.6 Å². The first-order valence-corrected chi connectivity index (χ1v) is 6.81. The number of carboxylic acids is 1. The Labute approximate surface area is 112 Å². The van der Waals surface area contributed by atoms with Crippen LogP contribution in [0.3, 0.4) is 0 Å². The van der Waals surface area contributed by atoms with Gasteiger partial charge in [0.15, 0.2) is 0 Å². The molecular formula is C15H17NO3. The summed E-state index contributed by atoms with van der Waals surface area (Å²) in [6.07, 6.45) is 4.09. The molecule has 1 fully saturated rings. The lowest BCUT2D eigenvalue weighted by Crippen LogP contribution is -2.35. The van der Waals surface area contributed by atoms with Gasteiger partial charge in [0.2, 0.25) is 5.91 Å². The summed E-state index contributed by atoms with van der Waals surface area (Å²) in [6.45, 7) is 0.282. The number of amides is 1. The van der Waals surface area contributed by atoms with Crippen LogP contribution in [0, 0.1) is 5.92 Å². The molecule has 2 aliphatic rings. The zero-order valence-electron chi connectivity index (χ0n) is 10.7. The Balaban J connectivity index is 1.91. The molecule has 4 heteroatoms. The molecule has 0 spiro atoms. The summed E-state index contributed by atoms with van der Waals surface area (Å²) in [5, 5.41) is 9.29. The van der Waals surface area contributed by atoms with Crippen molar-refractivity contribution in [3.8, 4) is 0 Å². The molecule has 100 valence electrons. The average molecular weight is 259 g/mol. The minimum absolute atomic E-state index is 0.0839. The summed E-state index contributed by atoms with van der Waals surface area (Å²) >= 11 is 0. The van der Waals surface area contributed by atoms with E-state index >= 15 is 0 Å². The molecule has 1 aliphatic heterocycles. The smallest absolute Gasteiger partial charge is 0.312 e. The largest absolute Gasteiger partial charge is 0.481 e. The van der Waals surface area contributed by atoms with E-state index < -0.39 is 11.9 Å². The molecule has 1 aromatic rings. The third kappa shape index (κ3) is 2.01. The maximum absolute atomic E-state index is 12.5. The second-order valence-electron chi connectivity index (χ2n) is 5.38. The molecule has 3 rings (SSSR count). The monoisotopic (exact) mass is 259 g/mol. The van der Waals surface area contributed by atoms with E-state index in [1.54, 1.807) is 4.90 Å². The first-order chi connectivity index (χ1) is 9.18. The number of rotatable bonds is 2. The van der Waals surface area contributed by atoms with E-state index in [9.17, 15) is 14.7 Å². The van der Waals surface area contributed by atoms with Crippen LogP contribution in [0.25, 0.3) is 0 Å². The molecule has 19 heavy (non-hydrogen) atoms. The number of carbonyl (C=O) groups excluding carboxylic acids is 1. The van der Waals surface area contributed by atoms with Gasteiger partial charge in [0.1, 0.15) is 5.92 Å². The highest BCUT2D eigenvalue weighted by Crippen LogP contribution is 2.38. The second kappa shape index (κ2) is 4.68. The fourth-order valence-electron chi connectivity index (χ4n) is 3.22. The summed E-state index contributed by atoms with van der Waals surface area (Å²) in [5.41, 5.74) is 1.55. The van der Waals surface area contributed by atoms with Gasteiger partial charge in [0, 0.05) is 18.2 Å². The highest BCUT2D eigenvalue weighted by Gasteiger charge is 2.38. The summed E-state index contributed by atoms with van der Waals surface area (Å²) in [5.74, 6) is -1.25. The van der Waals surface area contributed by atoms with E-state index in [4.69, 9.17) is 0 Å². The first kappa shape index (κ1) is 12.2. The van der Waals surface area contributed by atoms with Crippen LogP contribution in [0.2, 0.25) is 0 Å². The highest BCUT2D eigenvalue weighted by molar-refractivity contribution is 6.00. The third-order valence-electron chi connectivity index (χ3n) is 4.24. The Morgan fingerprint density at radius 1 is 1.16 bits per heavy atom. The molecule has 0 aromatic heterocycles. The number of aliphatic carboxylic acids is 1. The summed E-state index contributed by atoms with van der Waals surface area (Å²) < 4.78 is 0. The average Bonchev–Trinajstić information content (AvgIpc) is 3.05. The minimum atomic E-state index is -0.853. The van der Waals surface area contributed by atoms with Gasteiger partial charge in [-0.25, -0.2) is 0 Å². The molecule has 1 saturated carbocycles. The molecule has 4 nitrogen and oxygen atoms in total. The topological polar surface area (TPSA) is 57.6 Å². The number of carbonyl (C=O) groups is 2. The summed E-state index contributed by atoms with van der Waals surface area (Å²) in [6, 6.07) is 7.36. The van der Waals surface area contributed by atoms with Crippen LogP contribution in [0.1, 0.15) is 37.2 Å². The highest BCUT2D eigenvalue weighted by atomic mass is 16.4. The molecule has 0 unspecified atom stereocenters. The number of para-hydroxylation sites is 1. The molecule has 1 aromatic carbocycles. The van der Waals surface area contributed by atoms with Gasteiger partial charge in [-0.15, -0.1) is 0 Å². The Morgan fingerprint density at radius 3 is 2.53 bits per heavy atom. The predicted molar refractivity (Wildman–Crippen MR) is 71.1 cm³/mol. The molecule has 0 saturated heterocycles. The fourth-order valence-corrected chi connectivity index (χ4v) is 3.22. The first-order valence-electron chi connectivity index (χ1n) is 6.81. The summed E-state index contributed by atoms with van der Waals surface area (Å²) in [7, 11) is 0. The lowest BCUT2D eigenvalue weighted by atomic mass is 10.0. The number of fused-ring (bicyclic) bond motifs is 1. The lowest BCUT2D eigenvalue weighted by molar-refractivity contribution is -0.138. The van der Waals surface area contributed by atoms with Gasteiger partial charge in [0.25, 0.3) is 0 Å².